The second-order valence-electron chi connectivity index (χ2n) is 6.60. The Morgan fingerprint density at radius 3 is 2.74 bits per heavy atom. The summed E-state index contributed by atoms with van der Waals surface area (Å²) in [6, 6.07) is 9.74. The fraction of sp³-hybridized carbons (Fsp3) is 0.350. The molecule has 0 radical (unpaired) electrons. The minimum Gasteiger partial charge on any atom is -0.361 e. The average molecular weight is 387 g/mol. The lowest BCUT2D eigenvalue weighted by molar-refractivity contribution is 0.0943. The van der Waals surface area contributed by atoms with Crippen LogP contribution in [0.4, 0.5) is 0 Å². The maximum atomic E-state index is 12.5. The normalized spacial score (nSPS) is 11.0. The molecule has 0 aliphatic rings. The van der Waals surface area contributed by atoms with E-state index in [-0.39, 0.29) is 5.91 Å². The minimum absolute atomic E-state index is 0.234. The number of hydrogen-bond acceptors (Lipinski definition) is 4. The molecule has 1 amide bonds. The van der Waals surface area contributed by atoms with Gasteiger partial charge in [0.25, 0.3) is 5.91 Å². The van der Waals surface area contributed by atoms with E-state index in [0.717, 1.165) is 40.4 Å². The van der Waals surface area contributed by atoms with Gasteiger partial charge in [-0.15, -0.1) is 0 Å². The predicted molar refractivity (Wildman–Crippen MR) is 104 cm³/mol. The topological polar surface area (TPSA) is 73.0 Å². The van der Waals surface area contributed by atoms with Crippen molar-refractivity contribution in [3.63, 3.8) is 0 Å². The lowest BCUT2D eigenvalue weighted by Gasteiger charge is -2.07. The van der Waals surface area contributed by atoms with Crippen molar-refractivity contribution in [2.24, 2.45) is 0 Å². The van der Waals surface area contributed by atoms with Crippen LogP contribution in [-0.4, -0.2) is 27.4 Å². The third-order valence-electron chi connectivity index (χ3n) is 4.48. The zero-order valence-electron chi connectivity index (χ0n) is 15.8. The molecule has 0 fully saturated rings. The number of carbonyl (C=O) groups excluding carboxylic acids is 1. The quantitative estimate of drug-likeness (QED) is 0.626. The Labute approximate surface area is 163 Å². The molecule has 1 aromatic carbocycles. The van der Waals surface area contributed by atoms with Gasteiger partial charge >= 0.3 is 0 Å². The Morgan fingerprint density at radius 1 is 1.26 bits per heavy atom. The number of nitrogens with one attached hydrogen (secondary N) is 1. The van der Waals surface area contributed by atoms with Crippen LogP contribution in [0, 0.1) is 20.8 Å². The number of rotatable bonds is 7. The first-order chi connectivity index (χ1) is 13.0. The van der Waals surface area contributed by atoms with Gasteiger partial charge in [0.15, 0.2) is 5.69 Å². The van der Waals surface area contributed by atoms with Crippen LogP contribution < -0.4 is 5.32 Å². The molecule has 7 heteroatoms. The standard InChI is InChI=1S/C20H23ClN4O2/c1-13-11-14(2)25(23-13)12-17-15(3)27-24-19(17)20(26)22-10-6-8-16-7-4-5-9-18(16)21/h4-5,7,9,11H,6,8,10,12H2,1-3H3,(H,22,26). The van der Waals surface area contributed by atoms with E-state index in [1.54, 1.807) is 0 Å². The van der Waals surface area contributed by atoms with Crippen molar-refractivity contribution in [2.75, 3.05) is 6.54 Å². The van der Waals surface area contributed by atoms with Crippen LogP contribution in [-0.2, 0) is 13.0 Å². The number of amides is 1. The van der Waals surface area contributed by atoms with Gasteiger partial charge in [0.2, 0.25) is 0 Å². The molecule has 0 bridgehead atoms. The molecule has 0 atom stereocenters. The lowest BCUT2D eigenvalue weighted by Crippen LogP contribution is -2.26. The Balaban J connectivity index is 1.60. The summed E-state index contributed by atoms with van der Waals surface area (Å²) in [5.41, 5.74) is 4.12. The summed E-state index contributed by atoms with van der Waals surface area (Å²) in [5.74, 6) is 0.395. The molecule has 0 saturated heterocycles. The van der Waals surface area contributed by atoms with Gasteiger partial charge in [0.1, 0.15) is 5.76 Å². The highest BCUT2D eigenvalue weighted by Crippen LogP contribution is 2.18. The first kappa shape index (κ1) is 19.2. The van der Waals surface area contributed by atoms with Crippen molar-refractivity contribution < 1.29 is 9.32 Å². The minimum atomic E-state index is -0.234. The molecule has 1 N–H and O–H groups in total. The molecule has 0 unspecified atom stereocenters. The van der Waals surface area contributed by atoms with Crippen LogP contribution in [0.3, 0.4) is 0 Å². The number of aromatic nitrogens is 3. The number of aryl methyl sites for hydroxylation is 4. The van der Waals surface area contributed by atoms with Crippen LogP contribution in [0.2, 0.25) is 5.02 Å². The lowest BCUT2D eigenvalue weighted by atomic mass is 10.1. The molecule has 0 aliphatic heterocycles. The van der Waals surface area contributed by atoms with Crippen molar-refractivity contribution in [3.8, 4) is 0 Å². The molecule has 2 heterocycles. The zero-order chi connectivity index (χ0) is 19.4. The average Bonchev–Trinajstić information content (AvgIpc) is 3.15. The summed E-state index contributed by atoms with van der Waals surface area (Å²) in [6.45, 7) is 6.72. The molecule has 0 spiro atoms. The van der Waals surface area contributed by atoms with E-state index in [1.807, 2.05) is 55.8 Å². The van der Waals surface area contributed by atoms with E-state index >= 15 is 0 Å². The summed E-state index contributed by atoms with van der Waals surface area (Å²) >= 11 is 6.16. The molecule has 6 nitrogen and oxygen atoms in total. The molecule has 2 aromatic heterocycles. The largest absolute Gasteiger partial charge is 0.361 e. The summed E-state index contributed by atoms with van der Waals surface area (Å²) in [4.78, 5) is 12.5. The van der Waals surface area contributed by atoms with Crippen LogP contribution >= 0.6 is 11.6 Å². The van der Waals surface area contributed by atoms with Crippen LogP contribution in [0.1, 0.15) is 45.2 Å². The van der Waals surface area contributed by atoms with Crippen molar-refractivity contribution in [3.05, 3.63) is 69.3 Å². The molecule has 0 saturated carbocycles. The fourth-order valence-corrected chi connectivity index (χ4v) is 3.24. The summed E-state index contributed by atoms with van der Waals surface area (Å²) in [6.07, 6.45) is 1.59. The zero-order valence-corrected chi connectivity index (χ0v) is 16.5. The molecule has 3 aromatic rings. The summed E-state index contributed by atoms with van der Waals surface area (Å²) in [7, 11) is 0. The van der Waals surface area contributed by atoms with E-state index < -0.39 is 0 Å². The highest BCUT2D eigenvalue weighted by atomic mass is 35.5. The highest BCUT2D eigenvalue weighted by Gasteiger charge is 2.20. The fourth-order valence-electron chi connectivity index (χ4n) is 3.01. The Bertz CT molecular complexity index is 945. The molecule has 0 aliphatic carbocycles. The van der Waals surface area contributed by atoms with Crippen molar-refractivity contribution >= 4 is 17.5 Å². The number of hydrogen-bond donors (Lipinski definition) is 1. The Kier molecular flexibility index (Phi) is 5.96. The summed E-state index contributed by atoms with van der Waals surface area (Å²) < 4.78 is 7.11. The van der Waals surface area contributed by atoms with Gasteiger partial charge in [-0.2, -0.15) is 5.10 Å². The molecular formula is C20H23ClN4O2. The highest BCUT2D eigenvalue weighted by molar-refractivity contribution is 6.31. The Morgan fingerprint density at radius 2 is 2.04 bits per heavy atom. The predicted octanol–water partition coefficient (Wildman–Crippen LogP) is 3.86. The van der Waals surface area contributed by atoms with Gasteiger partial charge < -0.3 is 9.84 Å². The third-order valence-corrected chi connectivity index (χ3v) is 4.85. The van der Waals surface area contributed by atoms with E-state index in [1.165, 1.54) is 0 Å². The second-order valence-corrected chi connectivity index (χ2v) is 7.01. The van der Waals surface area contributed by atoms with Crippen LogP contribution in [0.25, 0.3) is 0 Å². The van der Waals surface area contributed by atoms with E-state index in [4.69, 9.17) is 16.1 Å². The van der Waals surface area contributed by atoms with E-state index in [0.29, 0.717) is 24.5 Å². The van der Waals surface area contributed by atoms with E-state index in [9.17, 15) is 4.79 Å². The number of benzene rings is 1. The van der Waals surface area contributed by atoms with Crippen LogP contribution in [0.5, 0.6) is 0 Å². The van der Waals surface area contributed by atoms with Crippen molar-refractivity contribution in [2.45, 2.75) is 40.2 Å². The SMILES string of the molecule is Cc1cc(C)n(Cc2c(C(=O)NCCCc3ccccc3Cl)noc2C)n1. The first-order valence-corrected chi connectivity index (χ1v) is 9.31. The molecule has 3 rings (SSSR count). The molecular weight excluding hydrogens is 364 g/mol. The summed E-state index contributed by atoms with van der Waals surface area (Å²) in [5, 5.41) is 12.1. The Hall–Kier alpha value is -2.60. The molecule has 142 valence electrons. The maximum absolute atomic E-state index is 12.5. The van der Waals surface area contributed by atoms with Crippen LogP contribution in [0.15, 0.2) is 34.9 Å². The van der Waals surface area contributed by atoms with Gasteiger partial charge in [-0.25, -0.2) is 0 Å². The van der Waals surface area contributed by atoms with E-state index in [2.05, 4.69) is 15.6 Å². The number of carbonyl (C=O) groups is 1. The monoisotopic (exact) mass is 386 g/mol. The van der Waals surface area contributed by atoms with Gasteiger partial charge in [-0.3, -0.25) is 9.48 Å². The third kappa shape index (κ3) is 4.57. The van der Waals surface area contributed by atoms with Gasteiger partial charge in [-0.05, 0) is 51.3 Å². The number of halogens is 1. The second kappa shape index (κ2) is 8.39. The first-order valence-electron chi connectivity index (χ1n) is 8.93. The van der Waals surface area contributed by atoms with Gasteiger partial charge in [-0.1, -0.05) is 35.0 Å². The maximum Gasteiger partial charge on any atom is 0.273 e. The molecule has 27 heavy (non-hydrogen) atoms. The van der Waals surface area contributed by atoms with Crippen molar-refractivity contribution in [1.29, 1.82) is 0 Å². The smallest absolute Gasteiger partial charge is 0.273 e. The van der Waals surface area contributed by atoms with Crippen molar-refractivity contribution in [1.82, 2.24) is 20.3 Å². The van der Waals surface area contributed by atoms with Gasteiger partial charge in [0.05, 0.1) is 12.2 Å². The number of nitrogens with zero attached hydrogens (tertiary/aromatic N) is 3. The van der Waals surface area contributed by atoms with Gasteiger partial charge in [0, 0.05) is 22.8 Å².